The Morgan fingerprint density at radius 3 is 2.66 bits per heavy atom. The average Bonchev–Trinajstić information content (AvgIpc) is 3.45. The molecule has 35 heavy (non-hydrogen) atoms. The van der Waals surface area contributed by atoms with Gasteiger partial charge in [0.1, 0.15) is 10.9 Å². The van der Waals surface area contributed by atoms with E-state index in [-0.39, 0.29) is 16.8 Å². The highest BCUT2D eigenvalue weighted by Gasteiger charge is 2.39. The number of aryl methyl sites for hydroxylation is 1. The maximum atomic E-state index is 13.0. The second-order valence-corrected chi connectivity index (χ2v) is 11.1. The summed E-state index contributed by atoms with van der Waals surface area (Å²) in [6.45, 7) is 8.39. The number of sulfonamides is 1. The predicted octanol–water partition coefficient (Wildman–Crippen LogP) is 2.24. The van der Waals surface area contributed by atoms with Crippen LogP contribution in [0.5, 0.6) is 0 Å². The lowest BCUT2D eigenvalue weighted by Gasteiger charge is -2.36. The number of benzene rings is 2. The number of nitrogens with zero attached hydrogens (tertiary/aromatic N) is 4. The number of carbonyl (C=O) groups excluding carboxylic acids is 1. The molecule has 0 spiro atoms. The molecule has 3 heterocycles. The third-order valence-corrected chi connectivity index (χ3v) is 8.45. The molecule has 2 aromatic carbocycles. The lowest BCUT2D eigenvalue weighted by atomic mass is 10.1. The minimum atomic E-state index is -3.69. The van der Waals surface area contributed by atoms with E-state index in [4.69, 9.17) is 0 Å². The number of amidine groups is 1. The fourth-order valence-corrected chi connectivity index (χ4v) is 6.49. The van der Waals surface area contributed by atoms with Crippen LogP contribution in [0.15, 0.2) is 57.8 Å². The Kier molecular flexibility index (Phi) is 6.80. The first-order chi connectivity index (χ1) is 16.9. The monoisotopic (exact) mass is 495 g/mol. The van der Waals surface area contributed by atoms with E-state index in [1.165, 1.54) is 11.3 Å². The summed E-state index contributed by atoms with van der Waals surface area (Å²) in [4.78, 5) is 20.0. The molecule has 5 rings (SSSR count). The molecule has 0 unspecified atom stereocenters. The van der Waals surface area contributed by atoms with E-state index in [0.717, 1.165) is 45.6 Å². The van der Waals surface area contributed by atoms with Crippen LogP contribution in [0.1, 0.15) is 30.4 Å². The summed E-state index contributed by atoms with van der Waals surface area (Å²) in [5.74, 6) is 0.362. The highest BCUT2D eigenvalue weighted by Crippen LogP contribution is 2.31. The van der Waals surface area contributed by atoms with Crippen molar-refractivity contribution in [3.8, 4) is 0 Å². The first kappa shape index (κ1) is 23.8. The quantitative estimate of drug-likeness (QED) is 0.619. The molecule has 1 atom stereocenters. The number of hydrogen-bond acceptors (Lipinski definition) is 6. The van der Waals surface area contributed by atoms with Gasteiger partial charge in [-0.15, -0.1) is 4.40 Å². The van der Waals surface area contributed by atoms with Gasteiger partial charge in [-0.1, -0.05) is 24.3 Å². The Labute approximate surface area is 207 Å². The first-order valence-corrected chi connectivity index (χ1v) is 13.9. The molecule has 2 fully saturated rings. The summed E-state index contributed by atoms with van der Waals surface area (Å²) in [5.41, 5.74) is 3.17. The third kappa shape index (κ3) is 5.06. The van der Waals surface area contributed by atoms with Crippen molar-refractivity contribution in [1.82, 2.24) is 15.1 Å². The summed E-state index contributed by atoms with van der Waals surface area (Å²) >= 11 is 0. The average molecular weight is 496 g/mol. The SMILES string of the molecule is Cc1cccc(N2CCN(CCCNC(=O)[C@@H]3CCCN3C3=NS(=O)(=O)c4ccccc43)CC2)c1. The summed E-state index contributed by atoms with van der Waals surface area (Å²) in [6.07, 6.45) is 2.43. The van der Waals surface area contributed by atoms with Crippen LogP contribution < -0.4 is 10.2 Å². The molecule has 3 aliphatic heterocycles. The van der Waals surface area contributed by atoms with E-state index >= 15 is 0 Å². The number of amides is 1. The van der Waals surface area contributed by atoms with E-state index < -0.39 is 10.0 Å². The summed E-state index contributed by atoms with van der Waals surface area (Å²) in [6, 6.07) is 15.1. The second kappa shape index (κ2) is 9.99. The predicted molar refractivity (Wildman–Crippen MR) is 137 cm³/mol. The van der Waals surface area contributed by atoms with Gasteiger partial charge in [0.25, 0.3) is 10.0 Å². The van der Waals surface area contributed by atoms with Gasteiger partial charge >= 0.3 is 0 Å². The minimum absolute atomic E-state index is 0.0451. The van der Waals surface area contributed by atoms with Gasteiger partial charge in [0.15, 0.2) is 5.84 Å². The van der Waals surface area contributed by atoms with Crippen molar-refractivity contribution >= 4 is 27.5 Å². The van der Waals surface area contributed by atoms with Gasteiger partial charge < -0.3 is 15.1 Å². The number of hydrogen-bond donors (Lipinski definition) is 1. The lowest BCUT2D eigenvalue weighted by molar-refractivity contribution is -0.124. The van der Waals surface area contributed by atoms with Crippen molar-refractivity contribution < 1.29 is 13.2 Å². The van der Waals surface area contributed by atoms with Gasteiger partial charge in [-0.25, -0.2) is 0 Å². The van der Waals surface area contributed by atoms with Crippen molar-refractivity contribution in [2.24, 2.45) is 4.40 Å². The molecule has 8 nitrogen and oxygen atoms in total. The number of fused-ring (bicyclic) bond motifs is 1. The molecule has 3 aliphatic rings. The molecule has 0 aliphatic carbocycles. The Bertz CT molecular complexity index is 1220. The van der Waals surface area contributed by atoms with Crippen molar-refractivity contribution in [2.75, 3.05) is 50.7 Å². The van der Waals surface area contributed by atoms with Crippen molar-refractivity contribution in [3.63, 3.8) is 0 Å². The molecule has 1 N–H and O–H groups in total. The van der Waals surface area contributed by atoms with E-state index in [2.05, 4.69) is 50.7 Å². The van der Waals surface area contributed by atoms with Crippen molar-refractivity contribution in [3.05, 3.63) is 59.7 Å². The van der Waals surface area contributed by atoms with Crippen molar-refractivity contribution in [1.29, 1.82) is 0 Å². The van der Waals surface area contributed by atoms with Crippen LogP contribution in [0.2, 0.25) is 0 Å². The van der Waals surface area contributed by atoms with Crippen molar-refractivity contribution in [2.45, 2.75) is 37.1 Å². The van der Waals surface area contributed by atoms with Gasteiger partial charge in [0.05, 0.1) is 0 Å². The molecular weight excluding hydrogens is 462 g/mol. The van der Waals surface area contributed by atoms with E-state index in [1.54, 1.807) is 24.3 Å². The van der Waals surface area contributed by atoms with E-state index in [1.807, 2.05) is 4.90 Å². The highest BCUT2D eigenvalue weighted by molar-refractivity contribution is 7.90. The molecule has 0 saturated carbocycles. The Morgan fingerprint density at radius 1 is 1.06 bits per heavy atom. The Hall–Kier alpha value is -2.91. The number of likely N-dealkylation sites (tertiary alicyclic amines) is 1. The molecule has 0 bridgehead atoms. The van der Waals surface area contributed by atoms with Gasteiger partial charge in [0.2, 0.25) is 5.91 Å². The van der Waals surface area contributed by atoms with Crippen LogP contribution in [-0.2, 0) is 14.8 Å². The number of rotatable bonds is 6. The van der Waals surface area contributed by atoms with Crippen LogP contribution in [-0.4, -0.2) is 81.8 Å². The van der Waals surface area contributed by atoms with Gasteiger partial charge in [0, 0.05) is 50.5 Å². The molecular formula is C26H33N5O3S. The molecule has 2 aromatic rings. The van der Waals surface area contributed by atoms with Crippen LogP contribution in [0, 0.1) is 6.92 Å². The van der Waals surface area contributed by atoms with Crippen LogP contribution >= 0.6 is 0 Å². The number of anilines is 1. The summed E-state index contributed by atoms with van der Waals surface area (Å²) in [5, 5.41) is 3.08. The number of nitrogens with one attached hydrogen (secondary N) is 1. The Morgan fingerprint density at radius 2 is 1.86 bits per heavy atom. The number of carbonyl (C=O) groups is 1. The fraction of sp³-hybridized carbons (Fsp3) is 0.462. The van der Waals surface area contributed by atoms with Crippen LogP contribution in [0.4, 0.5) is 5.69 Å². The van der Waals surface area contributed by atoms with Crippen LogP contribution in [0.25, 0.3) is 0 Å². The second-order valence-electron chi connectivity index (χ2n) is 9.55. The maximum absolute atomic E-state index is 13.0. The lowest BCUT2D eigenvalue weighted by Crippen LogP contribution is -2.48. The van der Waals surface area contributed by atoms with Crippen LogP contribution in [0.3, 0.4) is 0 Å². The number of piperazine rings is 1. The molecule has 9 heteroatoms. The smallest absolute Gasteiger partial charge is 0.285 e. The minimum Gasteiger partial charge on any atom is -0.369 e. The van der Waals surface area contributed by atoms with Gasteiger partial charge in [-0.05, 0) is 62.6 Å². The normalized spacial score (nSPS) is 21.6. The molecule has 0 radical (unpaired) electrons. The third-order valence-electron chi connectivity index (χ3n) is 7.13. The molecule has 1 amide bonds. The zero-order valence-corrected chi connectivity index (χ0v) is 21.0. The molecule has 2 saturated heterocycles. The summed E-state index contributed by atoms with van der Waals surface area (Å²) in [7, 11) is -3.69. The topological polar surface area (TPSA) is 85.3 Å². The molecule has 186 valence electrons. The fourth-order valence-electron chi connectivity index (χ4n) is 5.27. The Balaban J connectivity index is 1.09. The first-order valence-electron chi connectivity index (χ1n) is 12.4. The molecule has 0 aromatic heterocycles. The van der Waals surface area contributed by atoms with E-state index in [0.29, 0.717) is 30.9 Å². The maximum Gasteiger partial charge on any atom is 0.285 e. The standard InChI is InChI=1S/C26H33N5O3S/c1-20-7-4-8-21(19-20)30-17-15-29(16-18-30)13-6-12-27-26(32)23-10-5-14-31(23)25-22-9-2-3-11-24(22)35(33,34)28-25/h2-4,7-9,11,19,23H,5-6,10,12-18H2,1H3,(H,27,32)/t23-/m0/s1. The zero-order valence-electron chi connectivity index (χ0n) is 20.2. The summed E-state index contributed by atoms with van der Waals surface area (Å²) < 4.78 is 28.9. The zero-order chi connectivity index (χ0) is 24.4. The van der Waals surface area contributed by atoms with Gasteiger partial charge in [-0.3, -0.25) is 9.69 Å². The van der Waals surface area contributed by atoms with E-state index in [9.17, 15) is 13.2 Å². The largest absolute Gasteiger partial charge is 0.369 e. The van der Waals surface area contributed by atoms with Gasteiger partial charge in [-0.2, -0.15) is 8.42 Å². The highest BCUT2D eigenvalue weighted by atomic mass is 32.2.